The Balaban J connectivity index is 1.78. The fraction of sp³-hybridized carbons (Fsp3) is 0.571. The fourth-order valence-corrected chi connectivity index (χ4v) is 3.12. The lowest BCUT2D eigenvalue weighted by molar-refractivity contribution is 0.589. The molecule has 0 aliphatic heterocycles. The Morgan fingerprint density at radius 1 is 1.30 bits per heavy atom. The van der Waals surface area contributed by atoms with Gasteiger partial charge in [0.25, 0.3) is 0 Å². The second-order valence-electron chi connectivity index (χ2n) is 5.34. The molecule has 20 heavy (non-hydrogen) atoms. The lowest BCUT2D eigenvalue weighted by Crippen LogP contribution is -2.21. The number of aryl methyl sites for hydroxylation is 1. The number of hydrogen-bond acceptors (Lipinski definition) is 3. The van der Waals surface area contributed by atoms with Gasteiger partial charge in [-0.2, -0.15) is 0 Å². The van der Waals surface area contributed by atoms with E-state index in [1.807, 2.05) is 0 Å². The summed E-state index contributed by atoms with van der Waals surface area (Å²) in [7, 11) is -3.48. The van der Waals surface area contributed by atoms with Crippen molar-refractivity contribution in [2.75, 3.05) is 17.0 Å². The van der Waals surface area contributed by atoms with Crippen molar-refractivity contribution in [1.82, 2.24) is 5.32 Å². The van der Waals surface area contributed by atoms with E-state index in [1.165, 1.54) is 25.0 Å². The Labute approximate surface area is 119 Å². The molecule has 1 fully saturated rings. The van der Waals surface area contributed by atoms with Gasteiger partial charge >= 0.3 is 0 Å². The molecule has 4 nitrogen and oxygen atoms in total. The molecule has 0 saturated heterocycles. The van der Waals surface area contributed by atoms with Crippen LogP contribution < -0.4 is 10.0 Å². The van der Waals surface area contributed by atoms with Gasteiger partial charge in [-0.3, -0.25) is 4.72 Å². The highest BCUT2D eigenvalue weighted by Gasteiger charge is 2.19. The van der Waals surface area contributed by atoms with E-state index in [0.717, 1.165) is 18.5 Å². The summed E-state index contributed by atoms with van der Waals surface area (Å²) >= 11 is 0. The Morgan fingerprint density at radius 3 is 2.75 bits per heavy atom. The van der Waals surface area contributed by atoms with E-state index in [-0.39, 0.29) is 11.4 Å². The van der Waals surface area contributed by atoms with Gasteiger partial charge in [-0.25, -0.2) is 12.8 Å². The quantitative estimate of drug-likeness (QED) is 0.725. The van der Waals surface area contributed by atoms with Gasteiger partial charge in [-0.05, 0) is 56.8 Å². The molecule has 0 amide bonds. The summed E-state index contributed by atoms with van der Waals surface area (Å²) in [4.78, 5) is 0. The van der Waals surface area contributed by atoms with Crippen molar-refractivity contribution in [1.29, 1.82) is 0 Å². The first kappa shape index (κ1) is 15.3. The highest BCUT2D eigenvalue weighted by molar-refractivity contribution is 7.92. The minimum atomic E-state index is -3.48. The average molecular weight is 300 g/mol. The molecule has 1 aliphatic carbocycles. The van der Waals surface area contributed by atoms with Crippen LogP contribution >= 0.6 is 0 Å². The first-order chi connectivity index (χ1) is 9.46. The highest BCUT2D eigenvalue weighted by atomic mass is 32.2. The minimum absolute atomic E-state index is 0.0206. The SMILES string of the molecule is Cc1ccc(F)c(NS(=O)(=O)CCCCNC2CC2)c1. The van der Waals surface area contributed by atoms with Gasteiger partial charge in [0, 0.05) is 6.04 Å². The smallest absolute Gasteiger partial charge is 0.232 e. The van der Waals surface area contributed by atoms with Crippen LogP contribution in [0.15, 0.2) is 18.2 Å². The third-order valence-electron chi connectivity index (χ3n) is 3.24. The van der Waals surface area contributed by atoms with Crippen molar-refractivity contribution in [2.24, 2.45) is 0 Å². The highest BCUT2D eigenvalue weighted by Crippen LogP contribution is 2.19. The molecule has 1 aliphatic rings. The molecule has 0 unspecified atom stereocenters. The number of benzene rings is 1. The Kier molecular flexibility index (Phi) is 4.99. The van der Waals surface area contributed by atoms with Crippen LogP contribution in [0.25, 0.3) is 0 Å². The van der Waals surface area contributed by atoms with Crippen LogP contribution in [0.1, 0.15) is 31.2 Å². The van der Waals surface area contributed by atoms with Crippen molar-refractivity contribution >= 4 is 15.7 Å². The summed E-state index contributed by atoms with van der Waals surface area (Å²) in [6.45, 7) is 2.64. The van der Waals surface area contributed by atoms with E-state index in [4.69, 9.17) is 0 Å². The van der Waals surface area contributed by atoms with Crippen LogP contribution in [0.4, 0.5) is 10.1 Å². The number of nitrogens with one attached hydrogen (secondary N) is 2. The molecule has 112 valence electrons. The second kappa shape index (κ2) is 6.54. The molecule has 2 N–H and O–H groups in total. The molecule has 6 heteroatoms. The predicted molar refractivity (Wildman–Crippen MR) is 78.8 cm³/mol. The monoisotopic (exact) mass is 300 g/mol. The molecule has 0 aromatic heterocycles. The summed E-state index contributed by atoms with van der Waals surface area (Å²) in [6.07, 6.45) is 3.84. The lowest BCUT2D eigenvalue weighted by Gasteiger charge is -2.09. The van der Waals surface area contributed by atoms with Crippen molar-refractivity contribution in [3.8, 4) is 0 Å². The maximum Gasteiger partial charge on any atom is 0.232 e. The summed E-state index contributed by atoms with van der Waals surface area (Å²) in [5.74, 6) is -0.526. The van der Waals surface area contributed by atoms with Crippen molar-refractivity contribution < 1.29 is 12.8 Å². The maximum absolute atomic E-state index is 13.5. The summed E-state index contributed by atoms with van der Waals surface area (Å²) in [6, 6.07) is 5.02. The molecular weight excluding hydrogens is 279 g/mol. The van der Waals surface area contributed by atoms with Crippen LogP contribution in [0.3, 0.4) is 0 Å². The van der Waals surface area contributed by atoms with Crippen molar-refractivity contribution in [2.45, 2.75) is 38.6 Å². The maximum atomic E-state index is 13.5. The van der Waals surface area contributed by atoms with E-state index in [9.17, 15) is 12.8 Å². The van der Waals surface area contributed by atoms with E-state index < -0.39 is 15.8 Å². The Hall–Kier alpha value is -1.14. The predicted octanol–water partition coefficient (Wildman–Crippen LogP) is 2.41. The normalized spacial score (nSPS) is 15.3. The number of sulfonamides is 1. The topological polar surface area (TPSA) is 58.2 Å². The number of unbranched alkanes of at least 4 members (excludes halogenated alkanes) is 1. The summed E-state index contributed by atoms with van der Waals surface area (Å²) in [5.41, 5.74) is 0.846. The van der Waals surface area contributed by atoms with Gasteiger partial charge in [0.1, 0.15) is 5.82 Å². The fourth-order valence-electron chi connectivity index (χ4n) is 1.95. The minimum Gasteiger partial charge on any atom is -0.314 e. The second-order valence-corrected chi connectivity index (χ2v) is 7.18. The average Bonchev–Trinajstić information content (AvgIpc) is 3.17. The van der Waals surface area contributed by atoms with E-state index in [0.29, 0.717) is 12.5 Å². The van der Waals surface area contributed by atoms with Gasteiger partial charge in [0.05, 0.1) is 11.4 Å². The standard InChI is InChI=1S/C14H21FN2O2S/c1-11-4-7-13(15)14(10-11)17-20(18,19)9-3-2-8-16-12-5-6-12/h4,7,10,12,16-17H,2-3,5-6,8-9H2,1H3. The molecular formula is C14H21FN2O2S. The summed E-state index contributed by atoms with van der Waals surface area (Å²) in [5, 5.41) is 3.33. The van der Waals surface area contributed by atoms with Gasteiger partial charge < -0.3 is 5.32 Å². The van der Waals surface area contributed by atoms with E-state index in [2.05, 4.69) is 10.0 Å². The molecule has 1 aromatic rings. The zero-order valence-electron chi connectivity index (χ0n) is 11.7. The molecule has 0 radical (unpaired) electrons. The molecule has 2 rings (SSSR count). The number of anilines is 1. The largest absolute Gasteiger partial charge is 0.314 e. The number of halogens is 1. The molecule has 0 atom stereocenters. The van der Waals surface area contributed by atoms with Crippen molar-refractivity contribution in [3.63, 3.8) is 0 Å². The molecule has 0 spiro atoms. The van der Waals surface area contributed by atoms with Gasteiger partial charge in [-0.1, -0.05) is 6.07 Å². The first-order valence-electron chi connectivity index (χ1n) is 6.96. The van der Waals surface area contributed by atoms with Crippen molar-refractivity contribution in [3.05, 3.63) is 29.6 Å². The van der Waals surface area contributed by atoms with Crippen LogP contribution in [0.5, 0.6) is 0 Å². The zero-order chi connectivity index (χ0) is 14.6. The van der Waals surface area contributed by atoms with Crippen LogP contribution in [-0.4, -0.2) is 26.8 Å². The molecule has 0 bridgehead atoms. The lowest BCUT2D eigenvalue weighted by atomic mass is 10.2. The molecule has 0 heterocycles. The van der Waals surface area contributed by atoms with E-state index >= 15 is 0 Å². The first-order valence-corrected chi connectivity index (χ1v) is 8.61. The number of rotatable bonds is 8. The van der Waals surface area contributed by atoms with Gasteiger partial charge in [0.15, 0.2) is 0 Å². The Bertz CT molecular complexity index is 556. The molecule has 1 saturated carbocycles. The Morgan fingerprint density at radius 2 is 2.05 bits per heavy atom. The van der Waals surface area contributed by atoms with Crippen LogP contribution in [0, 0.1) is 12.7 Å². The molecule has 1 aromatic carbocycles. The van der Waals surface area contributed by atoms with Gasteiger partial charge in [-0.15, -0.1) is 0 Å². The van der Waals surface area contributed by atoms with Crippen LogP contribution in [0.2, 0.25) is 0 Å². The van der Waals surface area contributed by atoms with E-state index in [1.54, 1.807) is 13.0 Å². The third kappa shape index (κ3) is 5.09. The van der Waals surface area contributed by atoms with Crippen LogP contribution in [-0.2, 0) is 10.0 Å². The van der Waals surface area contributed by atoms with Gasteiger partial charge in [0.2, 0.25) is 10.0 Å². The third-order valence-corrected chi connectivity index (χ3v) is 4.59. The number of hydrogen-bond donors (Lipinski definition) is 2. The summed E-state index contributed by atoms with van der Waals surface area (Å²) < 4.78 is 39.6. The zero-order valence-corrected chi connectivity index (χ0v) is 12.5.